The van der Waals surface area contributed by atoms with Gasteiger partial charge in [0.1, 0.15) is 0 Å². The molecule has 0 radical (unpaired) electrons. The highest BCUT2D eigenvalue weighted by molar-refractivity contribution is 4.91. The lowest BCUT2D eigenvalue weighted by Gasteiger charge is -2.30. The molecule has 1 aliphatic rings. The lowest BCUT2D eigenvalue weighted by atomic mass is 10.0. The highest BCUT2D eigenvalue weighted by Gasteiger charge is 2.22. The molecular weight excluding hydrogens is 184 g/mol. The Morgan fingerprint density at radius 3 is 2.80 bits per heavy atom. The van der Waals surface area contributed by atoms with Crippen LogP contribution in [0.2, 0.25) is 0 Å². The molecular formula is C13H24N2. The molecule has 1 fully saturated rings. The molecule has 15 heavy (non-hydrogen) atoms. The second-order valence-corrected chi connectivity index (χ2v) is 4.91. The molecule has 1 rings (SSSR count). The van der Waals surface area contributed by atoms with Crippen LogP contribution in [0.3, 0.4) is 0 Å². The van der Waals surface area contributed by atoms with Crippen molar-refractivity contribution in [1.29, 1.82) is 0 Å². The Bertz CT molecular complexity index is 217. The molecule has 1 aliphatic heterocycles. The van der Waals surface area contributed by atoms with Crippen molar-refractivity contribution in [3.8, 4) is 12.3 Å². The van der Waals surface area contributed by atoms with E-state index in [1.165, 1.54) is 13.0 Å². The topological polar surface area (TPSA) is 15.3 Å². The van der Waals surface area contributed by atoms with E-state index in [1.807, 2.05) is 0 Å². The molecule has 0 amide bonds. The summed E-state index contributed by atoms with van der Waals surface area (Å²) in [7, 11) is 0. The second kappa shape index (κ2) is 6.15. The third-order valence-corrected chi connectivity index (χ3v) is 3.30. The van der Waals surface area contributed by atoms with Crippen LogP contribution in [0.25, 0.3) is 0 Å². The van der Waals surface area contributed by atoms with Crippen molar-refractivity contribution in [3.63, 3.8) is 0 Å². The van der Waals surface area contributed by atoms with Crippen LogP contribution in [0.1, 0.15) is 33.6 Å². The van der Waals surface area contributed by atoms with Gasteiger partial charge in [-0.15, -0.1) is 12.3 Å². The van der Waals surface area contributed by atoms with Crippen LogP contribution in [0, 0.1) is 18.3 Å². The molecule has 0 aromatic rings. The molecule has 0 aromatic carbocycles. The van der Waals surface area contributed by atoms with Gasteiger partial charge in [0.05, 0.1) is 0 Å². The third-order valence-electron chi connectivity index (χ3n) is 3.30. The van der Waals surface area contributed by atoms with E-state index in [4.69, 9.17) is 6.42 Å². The van der Waals surface area contributed by atoms with E-state index in [0.29, 0.717) is 18.0 Å². The Kier molecular flexibility index (Phi) is 5.14. The summed E-state index contributed by atoms with van der Waals surface area (Å²) < 4.78 is 0. The molecule has 1 saturated heterocycles. The van der Waals surface area contributed by atoms with Crippen molar-refractivity contribution in [3.05, 3.63) is 0 Å². The van der Waals surface area contributed by atoms with Crippen molar-refractivity contribution >= 4 is 0 Å². The molecule has 1 N–H and O–H groups in total. The zero-order valence-electron chi connectivity index (χ0n) is 10.3. The van der Waals surface area contributed by atoms with Crippen LogP contribution in [0.5, 0.6) is 0 Å². The summed E-state index contributed by atoms with van der Waals surface area (Å²) in [6, 6.07) is 1.14. The highest BCUT2D eigenvalue weighted by atomic mass is 15.2. The van der Waals surface area contributed by atoms with Crippen LogP contribution in [-0.4, -0.2) is 36.6 Å². The minimum absolute atomic E-state index is 0.524. The zero-order valence-corrected chi connectivity index (χ0v) is 10.3. The average Bonchev–Trinajstić information content (AvgIpc) is 2.43. The van der Waals surface area contributed by atoms with Gasteiger partial charge in [-0.3, -0.25) is 4.90 Å². The Hall–Kier alpha value is -0.520. The fourth-order valence-corrected chi connectivity index (χ4v) is 2.12. The number of nitrogens with zero attached hydrogens (tertiary/aromatic N) is 1. The van der Waals surface area contributed by atoms with Crippen LogP contribution < -0.4 is 5.32 Å². The predicted octanol–water partition coefficient (Wildman–Crippen LogP) is 1.72. The summed E-state index contributed by atoms with van der Waals surface area (Å²) >= 11 is 0. The zero-order chi connectivity index (χ0) is 11.3. The molecule has 1 heterocycles. The maximum Gasteiger partial charge on any atom is 0.0240 e. The van der Waals surface area contributed by atoms with E-state index in [-0.39, 0.29) is 0 Å². The van der Waals surface area contributed by atoms with E-state index in [1.54, 1.807) is 0 Å². The Labute approximate surface area is 94.4 Å². The standard InChI is InChI=1S/C13H24N2/c1-5-7-12(4)15-9-6-8-14-13(10-15)11(2)3/h1,11-14H,6-10H2,2-4H3. The maximum absolute atomic E-state index is 5.38. The van der Waals surface area contributed by atoms with Crippen molar-refractivity contribution in [2.45, 2.75) is 45.7 Å². The van der Waals surface area contributed by atoms with Gasteiger partial charge in [-0.2, -0.15) is 0 Å². The minimum atomic E-state index is 0.524. The van der Waals surface area contributed by atoms with Crippen molar-refractivity contribution in [2.75, 3.05) is 19.6 Å². The Morgan fingerprint density at radius 2 is 2.20 bits per heavy atom. The smallest absolute Gasteiger partial charge is 0.0240 e. The van der Waals surface area contributed by atoms with Gasteiger partial charge in [0, 0.05) is 25.0 Å². The van der Waals surface area contributed by atoms with Crippen LogP contribution in [-0.2, 0) is 0 Å². The quantitative estimate of drug-likeness (QED) is 0.710. The summed E-state index contributed by atoms with van der Waals surface area (Å²) in [6.07, 6.45) is 7.48. The normalized spacial score (nSPS) is 25.9. The van der Waals surface area contributed by atoms with E-state index in [9.17, 15) is 0 Å². The first-order valence-electron chi connectivity index (χ1n) is 6.06. The van der Waals surface area contributed by atoms with Crippen molar-refractivity contribution in [2.24, 2.45) is 5.92 Å². The third kappa shape index (κ3) is 3.85. The molecule has 2 unspecified atom stereocenters. The van der Waals surface area contributed by atoms with Gasteiger partial charge >= 0.3 is 0 Å². The molecule has 86 valence electrons. The second-order valence-electron chi connectivity index (χ2n) is 4.91. The minimum Gasteiger partial charge on any atom is -0.312 e. The number of rotatable bonds is 3. The summed E-state index contributed by atoms with van der Waals surface area (Å²) in [4.78, 5) is 2.53. The first-order valence-corrected chi connectivity index (χ1v) is 6.06. The average molecular weight is 208 g/mol. The van der Waals surface area contributed by atoms with E-state index in [2.05, 4.69) is 36.9 Å². The molecule has 2 nitrogen and oxygen atoms in total. The predicted molar refractivity (Wildman–Crippen MR) is 65.7 cm³/mol. The molecule has 0 aromatic heterocycles. The van der Waals surface area contributed by atoms with Gasteiger partial charge in [-0.25, -0.2) is 0 Å². The summed E-state index contributed by atoms with van der Waals surface area (Å²) in [5, 5.41) is 3.61. The van der Waals surface area contributed by atoms with Gasteiger partial charge in [0.15, 0.2) is 0 Å². The van der Waals surface area contributed by atoms with Crippen molar-refractivity contribution < 1.29 is 0 Å². The molecule has 0 spiro atoms. The largest absolute Gasteiger partial charge is 0.312 e. The Morgan fingerprint density at radius 1 is 1.47 bits per heavy atom. The highest BCUT2D eigenvalue weighted by Crippen LogP contribution is 2.12. The first-order chi connectivity index (χ1) is 7.15. The summed E-state index contributed by atoms with van der Waals surface area (Å²) in [6.45, 7) is 10.3. The molecule has 0 saturated carbocycles. The van der Waals surface area contributed by atoms with Crippen LogP contribution in [0.4, 0.5) is 0 Å². The summed E-state index contributed by atoms with van der Waals surface area (Å²) in [5.41, 5.74) is 0. The van der Waals surface area contributed by atoms with Gasteiger partial charge in [-0.1, -0.05) is 13.8 Å². The van der Waals surface area contributed by atoms with E-state index in [0.717, 1.165) is 19.5 Å². The molecule has 2 atom stereocenters. The van der Waals surface area contributed by atoms with Crippen LogP contribution >= 0.6 is 0 Å². The number of nitrogens with one attached hydrogen (secondary N) is 1. The lowest BCUT2D eigenvalue weighted by Crippen LogP contribution is -2.44. The molecule has 0 aliphatic carbocycles. The van der Waals surface area contributed by atoms with E-state index >= 15 is 0 Å². The molecule has 2 heteroatoms. The molecule has 0 bridgehead atoms. The Balaban J connectivity index is 2.53. The summed E-state index contributed by atoms with van der Waals surface area (Å²) in [5.74, 6) is 3.46. The monoisotopic (exact) mass is 208 g/mol. The van der Waals surface area contributed by atoms with Gasteiger partial charge in [-0.05, 0) is 32.4 Å². The number of terminal acetylenes is 1. The van der Waals surface area contributed by atoms with Gasteiger partial charge in [0.25, 0.3) is 0 Å². The SMILES string of the molecule is C#CCC(C)N1CCCNC(C(C)C)C1. The number of hydrogen-bond donors (Lipinski definition) is 1. The van der Waals surface area contributed by atoms with Gasteiger partial charge < -0.3 is 5.32 Å². The fraction of sp³-hybridized carbons (Fsp3) is 0.846. The van der Waals surface area contributed by atoms with Crippen LogP contribution in [0.15, 0.2) is 0 Å². The maximum atomic E-state index is 5.38. The van der Waals surface area contributed by atoms with Gasteiger partial charge in [0.2, 0.25) is 0 Å². The van der Waals surface area contributed by atoms with Crippen molar-refractivity contribution in [1.82, 2.24) is 10.2 Å². The number of hydrogen-bond acceptors (Lipinski definition) is 2. The van der Waals surface area contributed by atoms with E-state index < -0.39 is 0 Å². The fourth-order valence-electron chi connectivity index (χ4n) is 2.12. The lowest BCUT2D eigenvalue weighted by molar-refractivity contribution is 0.194. The first kappa shape index (κ1) is 12.5.